The van der Waals surface area contributed by atoms with Gasteiger partial charge in [0.05, 0.1) is 5.02 Å². The lowest BCUT2D eigenvalue weighted by Crippen LogP contribution is -2.03. The van der Waals surface area contributed by atoms with E-state index in [1.54, 1.807) is 23.5 Å². The molecule has 0 atom stereocenters. The fourth-order valence-electron chi connectivity index (χ4n) is 1.38. The number of carbonyl (C=O) groups is 1. The average molecular weight is 316 g/mol. The van der Waals surface area contributed by atoms with Crippen molar-refractivity contribution in [3.8, 4) is 0 Å². The van der Waals surface area contributed by atoms with E-state index < -0.39 is 0 Å². The van der Waals surface area contributed by atoms with E-state index in [4.69, 9.17) is 11.6 Å². The van der Waals surface area contributed by atoms with Gasteiger partial charge in [-0.3, -0.25) is 4.79 Å². The van der Waals surface area contributed by atoms with Gasteiger partial charge in [-0.1, -0.05) is 33.6 Å². The maximum absolute atomic E-state index is 12.0. The minimum Gasteiger partial charge on any atom is -0.294 e. The Balaban J connectivity index is 2.24. The first kappa shape index (κ1) is 11.8. The number of thiophene rings is 1. The SMILES string of the molecule is O=C(Cc1cccs1)c1cc(Br)ccc1Cl. The molecule has 0 saturated carbocycles. The standard InChI is InChI=1S/C12H8BrClOS/c13-8-3-4-11(14)10(6-8)12(15)7-9-2-1-5-16-9/h1-6H,7H2. The van der Waals surface area contributed by atoms with E-state index in [-0.39, 0.29) is 5.78 Å². The van der Waals surface area contributed by atoms with Gasteiger partial charge in [-0.05, 0) is 29.6 Å². The molecule has 0 spiro atoms. The van der Waals surface area contributed by atoms with Crippen molar-refractivity contribution < 1.29 is 4.79 Å². The molecule has 2 aromatic rings. The van der Waals surface area contributed by atoms with Gasteiger partial charge in [0.15, 0.2) is 5.78 Å². The minimum atomic E-state index is 0.0498. The van der Waals surface area contributed by atoms with Crippen molar-refractivity contribution in [2.45, 2.75) is 6.42 Å². The van der Waals surface area contributed by atoms with Crippen LogP contribution in [0.5, 0.6) is 0 Å². The van der Waals surface area contributed by atoms with E-state index in [1.165, 1.54) is 0 Å². The quantitative estimate of drug-likeness (QED) is 0.757. The van der Waals surface area contributed by atoms with Crippen molar-refractivity contribution >= 4 is 44.7 Å². The number of ketones is 1. The van der Waals surface area contributed by atoms with Gasteiger partial charge in [0.1, 0.15) is 0 Å². The fourth-order valence-corrected chi connectivity index (χ4v) is 2.67. The monoisotopic (exact) mass is 314 g/mol. The van der Waals surface area contributed by atoms with E-state index >= 15 is 0 Å². The second kappa shape index (κ2) is 5.13. The molecular weight excluding hydrogens is 308 g/mol. The molecule has 0 aliphatic rings. The van der Waals surface area contributed by atoms with Crippen molar-refractivity contribution in [3.05, 3.63) is 55.6 Å². The highest BCUT2D eigenvalue weighted by atomic mass is 79.9. The summed E-state index contributed by atoms with van der Waals surface area (Å²) in [6, 6.07) is 9.21. The van der Waals surface area contributed by atoms with Crippen LogP contribution in [-0.4, -0.2) is 5.78 Å². The maximum atomic E-state index is 12.0. The van der Waals surface area contributed by atoms with Crippen molar-refractivity contribution in [2.75, 3.05) is 0 Å². The number of benzene rings is 1. The Hall–Kier alpha value is -0.640. The Morgan fingerprint density at radius 2 is 2.19 bits per heavy atom. The first-order valence-corrected chi connectivity index (χ1v) is 6.72. The van der Waals surface area contributed by atoms with Crippen molar-refractivity contribution in [3.63, 3.8) is 0 Å². The molecule has 0 aliphatic carbocycles. The third-order valence-electron chi connectivity index (χ3n) is 2.14. The zero-order valence-corrected chi connectivity index (χ0v) is 11.4. The molecule has 0 saturated heterocycles. The van der Waals surface area contributed by atoms with Crippen LogP contribution in [-0.2, 0) is 6.42 Å². The molecule has 0 amide bonds. The summed E-state index contributed by atoms with van der Waals surface area (Å²) < 4.78 is 0.867. The second-order valence-electron chi connectivity index (χ2n) is 3.30. The average Bonchev–Trinajstić information content (AvgIpc) is 2.74. The summed E-state index contributed by atoms with van der Waals surface area (Å²) in [5.74, 6) is 0.0498. The third kappa shape index (κ3) is 2.73. The van der Waals surface area contributed by atoms with Gasteiger partial charge in [0.25, 0.3) is 0 Å². The van der Waals surface area contributed by atoms with E-state index in [1.807, 2.05) is 23.6 Å². The molecule has 1 nitrogen and oxygen atoms in total. The molecule has 0 N–H and O–H groups in total. The summed E-state index contributed by atoms with van der Waals surface area (Å²) in [5, 5.41) is 2.47. The van der Waals surface area contributed by atoms with Gasteiger partial charge >= 0.3 is 0 Å². The Kier molecular flexibility index (Phi) is 3.79. The van der Waals surface area contributed by atoms with Crippen LogP contribution >= 0.6 is 38.9 Å². The molecule has 0 aliphatic heterocycles. The predicted octanol–water partition coefficient (Wildman–Crippen LogP) is 4.59. The van der Waals surface area contributed by atoms with Crippen LogP contribution in [0, 0.1) is 0 Å². The number of hydrogen-bond acceptors (Lipinski definition) is 2. The van der Waals surface area contributed by atoms with E-state index in [2.05, 4.69) is 15.9 Å². The van der Waals surface area contributed by atoms with E-state index in [9.17, 15) is 4.79 Å². The molecule has 0 fully saturated rings. The molecule has 0 radical (unpaired) electrons. The molecule has 2 rings (SSSR count). The van der Waals surface area contributed by atoms with Crippen LogP contribution in [0.25, 0.3) is 0 Å². The first-order chi connectivity index (χ1) is 7.66. The molecule has 4 heteroatoms. The summed E-state index contributed by atoms with van der Waals surface area (Å²) in [6.07, 6.45) is 0.411. The highest BCUT2D eigenvalue weighted by Crippen LogP contribution is 2.23. The molecule has 0 unspecified atom stereocenters. The Morgan fingerprint density at radius 1 is 1.38 bits per heavy atom. The van der Waals surface area contributed by atoms with Crippen LogP contribution in [0.4, 0.5) is 0 Å². The summed E-state index contributed by atoms with van der Waals surface area (Å²) in [5.41, 5.74) is 0.574. The van der Waals surface area contributed by atoms with Gasteiger partial charge in [0, 0.05) is 21.3 Å². The largest absolute Gasteiger partial charge is 0.294 e. The lowest BCUT2D eigenvalue weighted by molar-refractivity contribution is 0.0994. The van der Waals surface area contributed by atoms with E-state index in [0.717, 1.165) is 9.35 Å². The summed E-state index contributed by atoms with van der Waals surface area (Å²) in [4.78, 5) is 13.0. The zero-order chi connectivity index (χ0) is 11.5. The zero-order valence-electron chi connectivity index (χ0n) is 8.24. The Labute approximate surface area is 111 Å². The third-order valence-corrected chi connectivity index (χ3v) is 3.84. The Bertz CT molecular complexity index is 508. The molecule has 1 aromatic carbocycles. The smallest absolute Gasteiger partial charge is 0.169 e. The Morgan fingerprint density at radius 3 is 2.88 bits per heavy atom. The summed E-state index contributed by atoms with van der Waals surface area (Å²) >= 11 is 10.9. The maximum Gasteiger partial charge on any atom is 0.169 e. The predicted molar refractivity (Wildman–Crippen MR) is 71.5 cm³/mol. The lowest BCUT2D eigenvalue weighted by Gasteiger charge is -2.03. The number of carbonyl (C=O) groups excluding carboxylic acids is 1. The molecular formula is C12H8BrClOS. The second-order valence-corrected chi connectivity index (χ2v) is 5.66. The summed E-state index contributed by atoms with van der Waals surface area (Å²) in [7, 11) is 0. The molecule has 16 heavy (non-hydrogen) atoms. The number of rotatable bonds is 3. The van der Waals surface area contributed by atoms with Crippen LogP contribution < -0.4 is 0 Å². The molecule has 82 valence electrons. The first-order valence-electron chi connectivity index (χ1n) is 4.67. The lowest BCUT2D eigenvalue weighted by atomic mass is 10.1. The number of Topliss-reactive ketones (excluding diaryl/α,β-unsaturated/α-hetero) is 1. The van der Waals surface area contributed by atoms with E-state index in [0.29, 0.717) is 17.0 Å². The fraction of sp³-hybridized carbons (Fsp3) is 0.0833. The van der Waals surface area contributed by atoms with Crippen LogP contribution in [0.3, 0.4) is 0 Å². The molecule has 0 bridgehead atoms. The molecule has 1 aromatic heterocycles. The number of halogens is 2. The van der Waals surface area contributed by atoms with Crippen LogP contribution in [0.2, 0.25) is 5.02 Å². The van der Waals surface area contributed by atoms with Crippen molar-refractivity contribution in [1.82, 2.24) is 0 Å². The summed E-state index contributed by atoms with van der Waals surface area (Å²) in [6.45, 7) is 0. The van der Waals surface area contributed by atoms with Gasteiger partial charge < -0.3 is 0 Å². The van der Waals surface area contributed by atoms with Crippen LogP contribution in [0.1, 0.15) is 15.2 Å². The van der Waals surface area contributed by atoms with Gasteiger partial charge in [-0.25, -0.2) is 0 Å². The molecule has 1 heterocycles. The highest BCUT2D eigenvalue weighted by Gasteiger charge is 2.11. The van der Waals surface area contributed by atoms with Crippen molar-refractivity contribution in [1.29, 1.82) is 0 Å². The highest BCUT2D eigenvalue weighted by molar-refractivity contribution is 9.10. The minimum absolute atomic E-state index is 0.0498. The van der Waals surface area contributed by atoms with Crippen molar-refractivity contribution in [2.24, 2.45) is 0 Å². The topological polar surface area (TPSA) is 17.1 Å². The van der Waals surface area contributed by atoms with Gasteiger partial charge in [-0.2, -0.15) is 0 Å². The number of hydrogen-bond donors (Lipinski definition) is 0. The van der Waals surface area contributed by atoms with Gasteiger partial charge in [0.2, 0.25) is 0 Å². The van der Waals surface area contributed by atoms with Gasteiger partial charge in [-0.15, -0.1) is 11.3 Å². The van der Waals surface area contributed by atoms with Crippen LogP contribution in [0.15, 0.2) is 40.2 Å². The normalized spacial score (nSPS) is 10.4.